The van der Waals surface area contributed by atoms with Crippen LogP contribution in [0.25, 0.3) is 11.1 Å². The Hall–Kier alpha value is -7.82. The van der Waals surface area contributed by atoms with Crippen molar-refractivity contribution in [1.82, 2.24) is 0 Å². The van der Waals surface area contributed by atoms with Crippen LogP contribution in [-0.4, -0.2) is 0 Å². The smallest absolute Gasteiger partial charge is 0.151 e. The lowest BCUT2D eigenvalue weighted by molar-refractivity contribution is 0.477. The van der Waals surface area contributed by atoms with Crippen molar-refractivity contribution < 1.29 is 4.74 Å². The molecule has 0 N–H and O–H groups in total. The van der Waals surface area contributed by atoms with Crippen molar-refractivity contribution in [2.75, 3.05) is 14.7 Å². The Morgan fingerprint density at radius 1 is 0.284 bits per heavy atom. The fraction of sp³-hybridized carbons (Fsp3) is 0.143. The molecule has 0 aromatic heterocycles. The van der Waals surface area contributed by atoms with E-state index in [1.807, 2.05) is 0 Å². The van der Waals surface area contributed by atoms with Crippen LogP contribution >= 0.6 is 0 Å². The van der Waals surface area contributed by atoms with E-state index < -0.39 is 5.41 Å². The maximum atomic E-state index is 6.49. The minimum absolute atomic E-state index is 0.629. The fourth-order valence-corrected chi connectivity index (χ4v) is 12.1. The van der Waals surface area contributed by atoms with E-state index in [0.29, 0.717) is 0 Å². The van der Waals surface area contributed by atoms with E-state index in [9.17, 15) is 0 Å². The van der Waals surface area contributed by atoms with Crippen molar-refractivity contribution in [1.29, 1.82) is 0 Å². The van der Waals surface area contributed by atoms with Gasteiger partial charge in [0.1, 0.15) is 0 Å². The molecule has 0 radical (unpaired) electrons. The summed E-state index contributed by atoms with van der Waals surface area (Å²) in [5.41, 5.74) is 27.7. The average Bonchev–Trinajstić information content (AvgIpc) is 3.37. The molecule has 3 aliphatic heterocycles. The van der Waals surface area contributed by atoms with Crippen LogP contribution < -0.4 is 19.4 Å². The van der Waals surface area contributed by atoms with Gasteiger partial charge in [0.2, 0.25) is 0 Å². The summed E-state index contributed by atoms with van der Waals surface area (Å²) >= 11 is 0. The number of nitrogens with zero attached hydrogens (tertiary/aromatic N) is 3. The van der Waals surface area contributed by atoms with Gasteiger partial charge in [-0.05, 0) is 182 Å². The summed E-state index contributed by atoms with van der Waals surface area (Å²) in [6.45, 7) is 18.5. The van der Waals surface area contributed by atoms with Gasteiger partial charge in [-0.15, -0.1) is 0 Å². The van der Waals surface area contributed by atoms with Crippen LogP contribution in [0.3, 0.4) is 0 Å². The number of hydrogen-bond acceptors (Lipinski definition) is 4. The summed E-state index contributed by atoms with van der Waals surface area (Å²) in [6, 6.07) is 64.4. The largest absolute Gasteiger partial charge is 0.453 e. The first-order chi connectivity index (χ1) is 32.6. The molecule has 67 heavy (non-hydrogen) atoms. The first-order valence-electron chi connectivity index (χ1n) is 23.5. The molecule has 0 saturated carbocycles. The maximum absolute atomic E-state index is 6.49. The van der Waals surface area contributed by atoms with E-state index in [2.05, 4.69) is 246 Å². The molecule has 0 fully saturated rings. The highest BCUT2D eigenvalue weighted by Crippen LogP contribution is 2.65. The predicted molar refractivity (Wildman–Crippen MR) is 279 cm³/mol. The van der Waals surface area contributed by atoms with Crippen LogP contribution in [0.1, 0.15) is 66.8 Å². The van der Waals surface area contributed by atoms with Crippen molar-refractivity contribution >= 4 is 51.2 Å². The lowest BCUT2D eigenvalue weighted by Crippen LogP contribution is -2.42. The Labute approximate surface area is 395 Å². The Morgan fingerprint density at radius 2 is 0.552 bits per heavy atom. The summed E-state index contributed by atoms with van der Waals surface area (Å²) in [5, 5.41) is 0. The zero-order chi connectivity index (χ0) is 45.9. The second-order valence-electron chi connectivity index (χ2n) is 18.6. The lowest BCUT2D eigenvalue weighted by Gasteiger charge is -2.52. The minimum atomic E-state index is -0.629. The van der Waals surface area contributed by atoms with Crippen molar-refractivity contribution in [3.63, 3.8) is 0 Å². The van der Waals surface area contributed by atoms with Crippen LogP contribution in [0.4, 0.5) is 51.2 Å². The molecule has 9 aromatic rings. The van der Waals surface area contributed by atoms with Crippen LogP contribution in [0.2, 0.25) is 0 Å². The topological polar surface area (TPSA) is 19.0 Å². The van der Waals surface area contributed by atoms with E-state index in [1.54, 1.807) is 0 Å². The molecular weight excluding hydrogens is 815 g/mol. The molecule has 0 amide bonds. The molecule has 4 heteroatoms. The predicted octanol–water partition coefficient (Wildman–Crippen LogP) is 17.3. The van der Waals surface area contributed by atoms with E-state index in [0.717, 1.165) is 22.9 Å². The van der Waals surface area contributed by atoms with Gasteiger partial charge in [0.15, 0.2) is 11.5 Å². The van der Waals surface area contributed by atoms with Crippen molar-refractivity contribution in [2.24, 2.45) is 0 Å². The molecule has 1 spiro atoms. The highest BCUT2D eigenvalue weighted by molar-refractivity contribution is 6.00. The van der Waals surface area contributed by atoms with Gasteiger partial charge in [0, 0.05) is 0 Å². The molecule has 0 aliphatic carbocycles. The van der Waals surface area contributed by atoms with Gasteiger partial charge in [0.25, 0.3) is 0 Å². The fourth-order valence-electron chi connectivity index (χ4n) is 12.1. The van der Waals surface area contributed by atoms with Gasteiger partial charge in [0.05, 0.1) is 56.6 Å². The Morgan fingerprint density at radius 3 is 0.910 bits per heavy atom. The number of rotatable bonds is 4. The summed E-state index contributed by atoms with van der Waals surface area (Å²) in [6.07, 6.45) is 0. The third kappa shape index (κ3) is 5.53. The van der Waals surface area contributed by atoms with E-state index in [4.69, 9.17) is 4.74 Å². The van der Waals surface area contributed by atoms with Gasteiger partial charge in [-0.25, -0.2) is 0 Å². The van der Waals surface area contributed by atoms with Crippen molar-refractivity contribution in [3.8, 4) is 22.6 Å². The summed E-state index contributed by atoms with van der Waals surface area (Å²) in [5.74, 6) is 1.71. The van der Waals surface area contributed by atoms with Crippen LogP contribution in [0, 0.1) is 55.4 Å². The van der Waals surface area contributed by atoms with Crippen molar-refractivity contribution in [2.45, 2.75) is 60.8 Å². The van der Waals surface area contributed by atoms with E-state index in [-0.39, 0.29) is 0 Å². The molecule has 326 valence electrons. The zero-order valence-electron chi connectivity index (χ0n) is 39.5. The maximum Gasteiger partial charge on any atom is 0.151 e. The Balaban J connectivity index is 1.10. The van der Waals surface area contributed by atoms with Crippen LogP contribution in [0.15, 0.2) is 176 Å². The first kappa shape index (κ1) is 40.7. The highest BCUT2D eigenvalue weighted by atomic mass is 16.5. The third-order valence-electron chi connectivity index (χ3n) is 15.5. The molecule has 12 rings (SSSR count). The normalized spacial score (nSPS) is 13.8. The SMILES string of the molecule is Cc1c(C)c(N2c3ccccc3C3(c4ccccc42)c2ccccc2N(c2c(C)c(C)c(N4c5ccccc5Oc5ccccc54)c(C)c2C)c2ccccc23)c(C)c(C)c1-c1ccccc1. The molecule has 0 atom stereocenters. The first-order valence-corrected chi connectivity index (χ1v) is 23.5. The molecular formula is C63H53N3O. The molecule has 0 saturated heterocycles. The summed E-state index contributed by atoms with van der Waals surface area (Å²) in [4.78, 5) is 7.57. The van der Waals surface area contributed by atoms with Gasteiger partial charge >= 0.3 is 0 Å². The molecule has 9 aromatic carbocycles. The van der Waals surface area contributed by atoms with Gasteiger partial charge in [-0.1, -0.05) is 127 Å². The van der Waals surface area contributed by atoms with E-state index >= 15 is 0 Å². The zero-order valence-corrected chi connectivity index (χ0v) is 39.5. The minimum Gasteiger partial charge on any atom is -0.453 e. The molecule has 3 heterocycles. The Bertz CT molecular complexity index is 3310. The lowest BCUT2D eigenvalue weighted by atomic mass is 9.60. The van der Waals surface area contributed by atoms with E-state index in [1.165, 1.54) is 118 Å². The van der Waals surface area contributed by atoms with Crippen LogP contribution in [-0.2, 0) is 5.41 Å². The quantitative estimate of drug-likeness (QED) is 0.175. The summed E-state index contributed by atoms with van der Waals surface area (Å²) < 4.78 is 6.49. The number of fused-ring (bicyclic) bond motifs is 10. The molecule has 4 nitrogen and oxygen atoms in total. The number of hydrogen-bond donors (Lipinski definition) is 0. The molecule has 3 aliphatic rings. The average molecular weight is 868 g/mol. The number of ether oxygens (including phenoxy) is 1. The number of para-hydroxylation sites is 8. The second-order valence-corrected chi connectivity index (χ2v) is 18.6. The summed E-state index contributed by atoms with van der Waals surface area (Å²) in [7, 11) is 0. The number of anilines is 9. The molecule has 0 bridgehead atoms. The van der Waals surface area contributed by atoms with Crippen LogP contribution in [0.5, 0.6) is 11.5 Å². The van der Waals surface area contributed by atoms with Crippen molar-refractivity contribution in [3.05, 3.63) is 243 Å². The van der Waals surface area contributed by atoms with Gasteiger partial charge in [-0.3, -0.25) is 0 Å². The monoisotopic (exact) mass is 867 g/mol. The van der Waals surface area contributed by atoms with Gasteiger partial charge in [-0.2, -0.15) is 0 Å². The molecule has 0 unspecified atom stereocenters. The Kier molecular flexibility index (Phi) is 9.18. The van der Waals surface area contributed by atoms with Gasteiger partial charge < -0.3 is 19.4 Å². The second kappa shape index (κ2) is 15.1. The third-order valence-corrected chi connectivity index (χ3v) is 15.5. The number of benzene rings is 9. The highest BCUT2D eigenvalue weighted by Gasteiger charge is 2.52. The standard InChI is InChI=1S/C63H53N3O/c1-38-40(3)60(41(4)39(2)59(38)46-24-10-9-11-25-46)64-51-30-16-12-26-47(51)63(48-27-13-17-31-52(48)64)49-28-14-18-32-53(49)65(54-33-19-15-29-50(54)63)61-42(5)44(7)62(45(8)43(61)6)66-55-34-20-22-36-57(55)67-58-37-23-21-35-56(58)66/h9-37H,1-8H3.